The fourth-order valence-electron chi connectivity index (χ4n) is 1.89. The molecule has 1 N–H and O–H groups in total. The van der Waals surface area contributed by atoms with Gasteiger partial charge < -0.3 is 14.7 Å². The molecule has 0 aliphatic carbocycles. The number of hydrogen-bond donors (Lipinski definition) is 1. The standard InChI is InChI=1S/C14H21NO3/c1-11(14(17)18-3)9-15(2)10-13(16)12-7-5-4-6-8-12/h4-8,11,13,16H,9-10H2,1-3H3. The van der Waals surface area contributed by atoms with Crippen LogP contribution in [0.2, 0.25) is 0 Å². The average Bonchev–Trinajstić information content (AvgIpc) is 2.38. The molecule has 1 rings (SSSR count). The van der Waals surface area contributed by atoms with Gasteiger partial charge in [0.15, 0.2) is 0 Å². The lowest BCUT2D eigenvalue weighted by Gasteiger charge is -2.23. The van der Waals surface area contributed by atoms with E-state index in [1.807, 2.05) is 49.2 Å². The van der Waals surface area contributed by atoms with Crippen molar-refractivity contribution in [3.8, 4) is 0 Å². The van der Waals surface area contributed by atoms with Gasteiger partial charge in [0.1, 0.15) is 0 Å². The third-order valence-electron chi connectivity index (χ3n) is 2.86. The summed E-state index contributed by atoms with van der Waals surface area (Å²) >= 11 is 0. The van der Waals surface area contributed by atoms with E-state index in [4.69, 9.17) is 0 Å². The van der Waals surface area contributed by atoms with Gasteiger partial charge in [0.25, 0.3) is 0 Å². The zero-order chi connectivity index (χ0) is 13.5. The Morgan fingerprint density at radius 1 is 1.33 bits per heavy atom. The first-order valence-electron chi connectivity index (χ1n) is 6.04. The smallest absolute Gasteiger partial charge is 0.309 e. The molecule has 0 fully saturated rings. The summed E-state index contributed by atoms with van der Waals surface area (Å²) in [6.45, 7) is 2.87. The third-order valence-corrected chi connectivity index (χ3v) is 2.86. The van der Waals surface area contributed by atoms with Gasteiger partial charge in [-0.15, -0.1) is 0 Å². The predicted octanol–water partition coefficient (Wildman–Crippen LogP) is 1.46. The minimum Gasteiger partial charge on any atom is -0.469 e. The first-order chi connectivity index (χ1) is 8.54. The van der Waals surface area contributed by atoms with E-state index in [1.165, 1.54) is 7.11 Å². The van der Waals surface area contributed by atoms with Crippen molar-refractivity contribution in [3.63, 3.8) is 0 Å². The summed E-state index contributed by atoms with van der Waals surface area (Å²) in [6.07, 6.45) is -0.541. The SMILES string of the molecule is COC(=O)C(C)CN(C)CC(O)c1ccccc1. The Morgan fingerprint density at radius 3 is 2.50 bits per heavy atom. The molecule has 0 saturated heterocycles. The van der Waals surface area contributed by atoms with E-state index in [9.17, 15) is 9.90 Å². The fraction of sp³-hybridized carbons (Fsp3) is 0.500. The molecule has 100 valence electrons. The summed E-state index contributed by atoms with van der Waals surface area (Å²) in [5.41, 5.74) is 0.884. The first kappa shape index (κ1) is 14.7. The lowest BCUT2D eigenvalue weighted by Crippen LogP contribution is -2.32. The van der Waals surface area contributed by atoms with E-state index in [0.29, 0.717) is 13.1 Å². The number of carbonyl (C=O) groups excluding carboxylic acids is 1. The van der Waals surface area contributed by atoms with Gasteiger partial charge in [-0.25, -0.2) is 0 Å². The van der Waals surface area contributed by atoms with Crippen LogP contribution in [0.1, 0.15) is 18.6 Å². The molecule has 4 heteroatoms. The van der Waals surface area contributed by atoms with Gasteiger partial charge in [0, 0.05) is 13.1 Å². The van der Waals surface area contributed by atoms with Crippen LogP contribution in [0, 0.1) is 5.92 Å². The Bertz CT molecular complexity index is 367. The summed E-state index contributed by atoms with van der Waals surface area (Å²) in [4.78, 5) is 13.2. The van der Waals surface area contributed by atoms with Crippen molar-refractivity contribution in [1.29, 1.82) is 0 Å². The van der Waals surface area contributed by atoms with Crippen LogP contribution in [0.4, 0.5) is 0 Å². The molecule has 0 amide bonds. The van der Waals surface area contributed by atoms with Gasteiger partial charge in [-0.3, -0.25) is 4.79 Å². The molecule has 18 heavy (non-hydrogen) atoms. The second-order valence-corrected chi connectivity index (χ2v) is 4.57. The number of hydrogen-bond acceptors (Lipinski definition) is 4. The van der Waals surface area contributed by atoms with E-state index >= 15 is 0 Å². The van der Waals surface area contributed by atoms with Crippen molar-refractivity contribution in [3.05, 3.63) is 35.9 Å². The highest BCUT2D eigenvalue weighted by atomic mass is 16.5. The summed E-state index contributed by atoms with van der Waals surface area (Å²) in [6, 6.07) is 9.50. The fourth-order valence-corrected chi connectivity index (χ4v) is 1.89. The van der Waals surface area contributed by atoms with Gasteiger partial charge in [-0.1, -0.05) is 37.3 Å². The zero-order valence-electron chi connectivity index (χ0n) is 11.2. The molecule has 2 unspecified atom stereocenters. The van der Waals surface area contributed by atoms with E-state index in [1.54, 1.807) is 0 Å². The van der Waals surface area contributed by atoms with Crippen LogP contribution in [0.15, 0.2) is 30.3 Å². The maximum Gasteiger partial charge on any atom is 0.309 e. The molecule has 2 atom stereocenters. The van der Waals surface area contributed by atoms with Crippen molar-refractivity contribution in [2.75, 3.05) is 27.2 Å². The lowest BCUT2D eigenvalue weighted by molar-refractivity contribution is -0.145. The Kier molecular flexibility index (Phi) is 5.82. The number of benzene rings is 1. The number of ether oxygens (including phenoxy) is 1. The number of aliphatic hydroxyl groups is 1. The maximum absolute atomic E-state index is 11.3. The number of carbonyl (C=O) groups is 1. The molecule has 0 heterocycles. The van der Waals surface area contributed by atoms with Gasteiger partial charge in [-0.2, -0.15) is 0 Å². The number of likely N-dealkylation sites (N-methyl/N-ethyl adjacent to an activating group) is 1. The Balaban J connectivity index is 2.45. The Hall–Kier alpha value is -1.39. The minimum atomic E-state index is -0.541. The molecule has 1 aromatic carbocycles. The lowest BCUT2D eigenvalue weighted by atomic mass is 10.1. The highest BCUT2D eigenvalue weighted by Crippen LogP contribution is 2.13. The molecule has 0 aliphatic heterocycles. The topological polar surface area (TPSA) is 49.8 Å². The van der Waals surface area contributed by atoms with E-state index in [-0.39, 0.29) is 11.9 Å². The van der Waals surface area contributed by atoms with Crippen molar-refractivity contribution < 1.29 is 14.6 Å². The van der Waals surface area contributed by atoms with Gasteiger partial charge in [-0.05, 0) is 12.6 Å². The Morgan fingerprint density at radius 2 is 1.94 bits per heavy atom. The van der Waals surface area contributed by atoms with E-state index in [0.717, 1.165) is 5.56 Å². The van der Waals surface area contributed by atoms with Crippen molar-refractivity contribution in [2.45, 2.75) is 13.0 Å². The molecular weight excluding hydrogens is 230 g/mol. The number of nitrogens with zero attached hydrogens (tertiary/aromatic N) is 1. The molecule has 0 bridgehead atoms. The minimum absolute atomic E-state index is 0.192. The zero-order valence-corrected chi connectivity index (χ0v) is 11.2. The summed E-state index contributed by atoms with van der Waals surface area (Å²) in [7, 11) is 3.27. The van der Waals surface area contributed by atoms with Crippen LogP contribution >= 0.6 is 0 Å². The van der Waals surface area contributed by atoms with Crippen LogP contribution in [0.25, 0.3) is 0 Å². The van der Waals surface area contributed by atoms with Crippen molar-refractivity contribution in [2.24, 2.45) is 5.92 Å². The van der Waals surface area contributed by atoms with Crippen molar-refractivity contribution >= 4 is 5.97 Å². The largest absolute Gasteiger partial charge is 0.469 e. The quantitative estimate of drug-likeness (QED) is 0.778. The molecular formula is C14H21NO3. The predicted molar refractivity (Wildman–Crippen MR) is 70.1 cm³/mol. The van der Waals surface area contributed by atoms with Crippen LogP contribution in [-0.4, -0.2) is 43.2 Å². The molecule has 0 spiro atoms. The number of esters is 1. The molecule has 1 aromatic rings. The molecule has 0 saturated carbocycles. The summed E-state index contributed by atoms with van der Waals surface area (Å²) < 4.78 is 4.67. The number of aliphatic hydroxyl groups excluding tert-OH is 1. The molecule has 0 aromatic heterocycles. The van der Waals surface area contributed by atoms with E-state index in [2.05, 4.69) is 4.74 Å². The molecule has 0 radical (unpaired) electrons. The van der Waals surface area contributed by atoms with Crippen LogP contribution in [0.3, 0.4) is 0 Å². The third kappa shape index (κ3) is 4.47. The normalized spacial score (nSPS) is 14.3. The first-order valence-corrected chi connectivity index (χ1v) is 6.04. The van der Waals surface area contributed by atoms with Gasteiger partial charge >= 0.3 is 5.97 Å². The molecule has 4 nitrogen and oxygen atoms in total. The van der Waals surface area contributed by atoms with Crippen molar-refractivity contribution in [1.82, 2.24) is 4.90 Å². The summed E-state index contributed by atoms with van der Waals surface area (Å²) in [5, 5.41) is 10.0. The number of rotatable bonds is 6. The maximum atomic E-state index is 11.3. The summed E-state index contributed by atoms with van der Waals surface area (Å²) in [5.74, 6) is -0.418. The highest BCUT2D eigenvalue weighted by Gasteiger charge is 2.17. The molecule has 0 aliphatic rings. The highest BCUT2D eigenvalue weighted by molar-refractivity contribution is 5.72. The van der Waals surface area contributed by atoms with Crippen LogP contribution in [0.5, 0.6) is 0 Å². The average molecular weight is 251 g/mol. The van der Waals surface area contributed by atoms with Crippen LogP contribution in [-0.2, 0) is 9.53 Å². The monoisotopic (exact) mass is 251 g/mol. The second-order valence-electron chi connectivity index (χ2n) is 4.57. The Labute approximate surface area is 108 Å². The van der Waals surface area contributed by atoms with Gasteiger partial charge in [0.2, 0.25) is 0 Å². The van der Waals surface area contributed by atoms with Gasteiger partial charge in [0.05, 0.1) is 19.1 Å². The second kappa shape index (κ2) is 7.13. The van der Waals surface area contributed by atoms with Crippen LogP contribution < -0.4 is 0 Å². The van der Waals surface area contributed by atoms with E-state index < -0.39 is 6.10 Å². The number of methoxy groups -OCH3 is 1.